The quantitative estimate of drug-likeness (QED) is 0.599. The van der Waals surface area contributed by atoms with Gasteiger partial charge in [0.1, 0.15) is 0 Å². The summed E-state index contributed by atoms with van der Waals surface area (Å²) < 4.78 is 0. The SMILES string of the molecule is C=C/C=C/C1CC1C(=O)O. The summed E-state index contributed by atoms with van der Waals surface area (Å²) in [5, 5.41) is 8.46. The van der Waals surface area contributed by atoms with Gasteiger partial charge in [-0.15, -0.1) is 0 Å². The summed E-state index contributed by atoms with van der Waals surface area (Å²) >= 11 is 0. The summed E-state index contributed by atoms with van der Waals surface area (Å²) in [6, 6.07) is 0. The number of carboxylic acids is 1. The van der Waals surface area contributed by atoms with Gasteiger partial charge in [0.25, 0.3) is 0 Å². The molecule has 0 amide bonds. The van der Waals surface area contributed by atoms with Crippen LogP contribution in [0.3, 0.4) is 0 Å². The Morgan fingerprint density at radius 3 is 2.80 bits per heavy atom. The van der Waals surface area contributed by atoms with Crippen molar-refractivity contribution in [2.75, 3.05) is 0 Å². The van der Waals surface area contributed by atoms with E-state index in [1.807, 2.05) is 6.08 Å². The highest BCUT2D eigenvalue weighted by atomic mass is 16.4. The number of hydrogen-bond acceptors (Lipinski definition) is 1. The number of rotatable bonds is 3. The molecule has 0 aromatic heterocycles. The second-order valence-corrected chi connectivity index (χ2v) is 2.46. The first-order valence-corrected chi connectivity index (χ1v) is 3.27. The van der Waals surface area contributed by atoms with Gasteiger partial charge < -0.3 is 5.11 Å². The number of aliphatic carboxylic acids is 1. The molecule has 0 aromatic rings. The maximum atomic E-state index is 10.3. The van der Waals surface area contributed by atoms with E-state index in [-0.39, 0.29) is 11.8 Å². The highest BCUT2D eigenvalue weighted by Crippen LogP contribution is 2.39. The Bertz CT molecular complexity index is 182. The van der Waals surface area contributed by atoms with Crippen molar-refractivity contribution in [3.63, 3.8) is 0 Å². The van der Waals surface area contributed by atoms with Crippen LogP contribution in [0.2, 0.25) is 0 Å². The van der Waals surface area contributed by atoms with Crippen LogP contribution in [0.25, 0.3) is 0 Å². The van der Waals surface area contributed by atoms with Crippen molar-refractivity contribution in [2.24, 2.45) is 11.8 Å². The second kappa shape index (κ2) is 2.69. The minimum absolute atomic E-state index is 0.129. The highest BCUT2D eigenvalue weighted by Gasteiger charge is 2.40. The first-order valence-electron chi connectivity index (χ1n) is 3.27. The molecule has 1 aliphatic rings. The van der Waals surface area contributed by atoms with E-state index in [1.54, 1.807) is 12.2 Å². The number of allylic oxidation sites excluding steroid dienone is 3. The number of hydrogen-bond donors (Lipinski definition) is 1. The lowest BCUT2D eigenvalue weighted by atomic mass is 10.3. The van der Waals surface area contributed by atoms with Gasteiger partial charge in [-0.2, -0.15) is 0 Å². The van der Waals surface area contributed by atoms with Crippen molar-refractivity contribution in [1.29, 1.82) is 0 Å². The molecular formula is C8H10O2. The zero-order chi connectivity index (χ0) is 7.56. The van der Waals surface area contributed by atoms with Crippen LogP contribution in [0.15, 0.2) is 24.8 Å². The van der Waals surface area contributed by atoms with Crippen LogP contribution in [0.1, 0.15) is 6.42 Å². The monoisotopic (exact) mass is 138 g/mol. The van der Waals surface area contributed by atoms with Gasteiger partial charge in [-0.05, 0) is 12.3 Å². The lowest BCUT2D eigenvalue weighted by Gasteiger charge is -1.83. The molecule has 0 bridgehead atoms. The smallest absolute Gasteiger partial charge is 0.307 e. The summed E-state index contributed by atoms with van der Waals surface area (Å²) in [6.07, 6.45) is 6.15. The summed E-state index contributed by atoms with van der Waals surface area (Å²) in [6.45, 7) is 3.50. The first kappa shape index (κ1) is 7.06. The predicted octanol–water partition coefficient (Wildman–Crippen LogP) is 1.45. The normalized spacial score (nSPS) is 30.4. The molecular weight excluding hydrogens is 128 g/mol. The van der Waals surface area contributed by atoms with Crippen LogP contribution < -0.4 is 0 Å². The van der Waals surface area contributed by atoms with E-state index in [0.717, 1.165) is 6.42 Å². The van der Waals surface area contributed by atoms with E-state index in [2.05, 4.69) is 6.58 Å². The summed E-state index contributed by atoms with van der Waals surface area (Å²) in [5.41, 5.74) is 0. The third-order valence-electron chi connectivity index (χ3n) is 1.65. The van der Waals surface area contributed by atoms with Gasteiger partial charge in [-0.1, -0.05) is 24.8 Å². The molecule has 0 radical (unpaired) electrons. The van der Waals surface area contributed by atoms with Gasteiger partial charge in [-0.3, -0.25) is 4.79 Å². The second-order valence-electron chi connectivity index (χ2n) is 2.46. The van der Waals surface area contributed by atoms with E-state index in [1.165, 1.54) is 0 Å². The topological polar surface area (TPSA) is 37.3 Å². The maximum Gasteiger partial charge on any atom is 0.307 e. The molecule has 0 saturated heterocycles. The van der Waals surface area contributed by atoms with Crippen LogP contribution in [0, 0.1) is 11.8 Å². The molecule has 1 rings (SSSR count). The molecule has 1 fully saturated rings. The Morgan fingerprint density at radius 2 is 2.40 bits per heavy atom. The van der Waals surface area contributed by atoms with E-state index in [4.69, 9.17) is 5.11 Å². The van der Waals surface area contributed by atoms with Crippen molar-refractivity contribution in [2.45, 2.75) is 6.42 Å². The van der Waals surface area contributed by atoms with Gasteiger partial charge in [0.2, 0.25) is 0 Å². The van der Waals surface area contributed by atoms with Gasteiger partial charge in [0.05, 0.1) is 5.92 Å². The Hall–Kier alpha value is -1.05. The molecule has 1 saturated carbocycles. The Kier molecular flexibility index (Phi) is 1.90. The highest BCUT2D eigenvalue weighted by molar-refractivity contribution is 5.73. The fourth-order valence-corrected chi connectivity index (χ4v) is 0.933. The standard InChI is InChI=1S/C8H10O2/c1-2-3-4-6-5-7(6)8(9)10/h2-4,6-7H,1,5H2,(H,9,10)/b4-3+. The van der Waals surface area contributed by atoms with Crippen molar-refractivity contribution >= 4 is 5.97 Å². The Balaban J connectivity index is 2.32. The largest absolute Gasteiger partial charge is 0.481 e. The van der Waals surface area contributed by atoms with E-state index < -0.39 is 5.97 Å². The van der Waals surface area contributed by atoms with Crippen molar-refractivity contribution in [1.82, 2.24) is 0 Å². The minimum Gasteiger partial charge on any atom is -0.481 e. The molecule has 2 atom stereocenters. The van der Waals surface area contributed by atoms with Crippen LogP contribution >= 0.6 is 0 Å². The molecule has 2 nitrogen and oxygen atoms in total. The fourth-order valence-electron chi connectivity index (χ4n) is 0.933. The summed E-state index contributed by atoms with van der Waals surface area (Å²) in [5.74, 6) is -0.551. The summed E-state index contributed by atoms with van der Waals surface area (Å²) in [4.78, 5) is 10.3. The molecule has 0 heterocycles. The molecule has 0 spiro atoms. The average molecular weight is 138 g/mol. The summed E-state index contributed by atoms with van der Waals surface area (Å²) in [7, 11) is 0. The fraction of sp³-hybridized carbons (Fsp3) is 0.375. The first-order chi connectivity index (χ1) is 4.75. The van der Waals surface area contributed by atoms with E-state index in [0.29, 0.717) is 0 Å². The van der Waals surface area contributed by atoms with Crippen molar-refractivity contribution in [3.05, 3.63) is 24.8 Å². The molecule has 1 N–H and O–H groups in total. The number of carbonyl (C=O) groups is 1. The van der Waals surface area contributed by atoms with Gasteiger partial charge in [0, 0.05) is 0 Å². The van der Waals surface area contributed by atoms with Crippen LogP contribution in [0.5, 0.6) is 0 Å². The molecule has 10 heavy (non-hydrogen) atoms. The van der Waals surface area contributed by atoms with E-state index >= 15 is 0 Å². The maximum absolute atomic E-state index is 10.3. The third kappa shape index (κ3) is 1.47. The van der Waals surface area contributed by atoms with Crippen LogP contribution in [-0.2, 0) is 4.79 Å². The van der Waals surface area contributed by atoms with Crippen LogP contribution in [-0.4, -0.2) is 11.1 Å². The molecule has 0 aromatic carbocycles. The average Bonchev–Trinajstić information content (AvgIpc) is 2.62. The molecule has 2 heteroatoms. The number of carboxylic acid groups (broad SMARTS) is 1. The van der Waals surface area contributed by atoms with E-state index in [9.17, 15) is 4.79 Å². The Labute approximate surface area is 59.9 Å². The zero-order valence-electron chi connectivity index (χ0n) is 5.66. The molecule has 54 valence electrons. The van der Waals surface area contributed by atoms with Crippen LogP contribution in [0.4, 0.5) is 0 Å². The minimum atomic E-state index is -0.682. The van der Waals surface area contributed by atoms with Gasteiger partial charge in [-0.25, -0.2) is 0 Å². The van der Waals surface area contributed by atoms with Crippen molar-refractivity contribution < 1.29 is 9.90 Å². The van der Waals surface area contributed by atoms with Crippen molar-refractivity contribution in [3.8, 4) is 0 Å². The lowest BCUT2D eigenvalue weighted by molar-refractivity contribution is -0.138. The molecule has 1 aliphatic carbocycles. The predicted molar refractivity (Wildman–Crippen MR) is 38.6 cm³/mol. The third-order valence-corrected chi connectivity index (χ3v) is 1.65. The Morgan fingerprint density at radius 1 is 1.70 bits per heavy atom. The zero-order valence-corrected chi connectivity index (χ0v) is 5.66. The molecule has 0 aliphatic heterocycles. The molecule has 2 unspecified atom stereocenters. The van der Waals surface area contributed by atoms with Gasteiger partial charge in [0.15, 0.2) is 0 Å². The van der Waals surface area contributed by atoms with Gasteiger partial charge >= 0.3 is 5.97 Å². The lowest BCUT2D eigenvalue weighted by Crippen LogP contribution is -1.97.